The molecule has 0 spiro atoms. The number of rotatable bonds is 6. The number of hydrogen-bond donors (Lipinski definition) is 0. The average Bonchev–Trinajstić information content (AvgIpc) is 3.22. The Bertz CT molecular complexity index is 2360. The van der Waals surface area contributed by atoms with E-state index in [1.165, 1.54) is 44.8 Å². The average molecular weight is 668 g/mol. The molecule has 0 amide bonds. The number of fused-ring (bicyclic) bond motifs is 2. The first-order valence-corrected chi connectivity index (χ1v) is 17.8. The second-order valence-corrected chi connectivity index (χ2v) is 13.9. The largest absolute Gasteiger partial charge is 0.310 e. The molecule has 52 heavy (non-hydrogen) atoms. The van der Waals surface area contributed by atoms with E-state index in [0.29, 0.717) is 5.82 Å². The quantitative estimate of drug-likeness (QED) is 0.177. The SMILES string of the molecule is CC1(C)c2cc(-c3ccccc3)ccc2N(c2ccc(-c3cc(-c4ccccc4)nc(-c4ccccc4)n3)cc2)c2ccc(-c3ccccc3)cc21. The van der Waals surface area contributed by atoms with E-state index in [4.69, 9.17) is 9.97 Å². The Morgan fingerprint density at radius 1 is 0.365 bits per heavy atom. The smallest absolute Gasteiger partial charge is 0.160 e. The van der Waals surface area contributed by atoms with E-state index in [2.05, 4.69) is 183 Å². The van der Waals surface area contributed by atoms with Crippen LogP contribution >= 0.6 is 0 Å². The Hall–Kier alpha value is -6.58. The maximum Gasteiger partial charge on any atom is 0.160 e. The van der Waals surface area contributed by atoms with Gasteiger partial charge in [-0.25, -0.2) is 9.97 Å². The first-order valence-electron chi connectivity index (χ1n) is 17.8. The van der Waals surface area contributed by atoms with Crippen LogP contribution in [-0.2, 0) is 5.41 Å². The summed E-state index contributed by atoms with van der Waals surface area (Å²) in [5, 5.41) is 0. The summed E-state index contributed by atoms with van der Waals surface area (Å²) in [7, 11) is 0. The van der Waals surface area contributed by atoms with Crippen LogP contribution < -0.4 is 4.90 Å². The number of anilines is 3. The Morgan fingerprint density at radius 3 is 1.21 bits per heavy atom. The van der Waals surface area contributed by atoms with E-state index in [9.17, 15) is 0 Å². The molecule has 0 bridgehead atoms. The zero-order valence-electron chi connectivity index (χ0n) is 29.2. The molecule has 248 valence electrons. The summed E-state index contributed by atoms with van der Waals surface area (Å²) in [6, 6.07) is 66.7. The standard InChI is InChI=1S/C49H37N3/c1-49(2)42-31-39(34-15-7-3-8-16-34)25-29-46(42)52(47-30-26-40(32-43(47)49)35-17-9-4-10-18-35)41-27-23-37(24-28-41)45-33-44(36-19-11-5-12-20-36)50-48(51-45)38-21-13-6-14-22-38/h3-33H,1-2H3. The van der Waals surface area contributed by atoms with Crippen molar-refractivity contribution >= 4 is 17.1 Å². The van der Waals surface area contributed by atoms with Crippen LogP contribution in [0, 0.1) is 0 Å². The van der Waals surface area contributed by atoms with Crippen LogP contribution in [0.25, 0.3) is 56.2 Å². The molecule has 9 rings (SSSR count). The van der Waals surface area contributed by atoms with Crippen LogP contribution in [0.1, 0.15) is 25.0 Å². The van der Waals surface area contributed by atoms with Gasteiger partial charge in [0.25, 0.3) is 0 Å². The molecule has 0 atom stereocenters. The first kappa shape index (κ1) is 31.4. The minimum Gasteiger partial charge on any atom is -0.310 e. The van der Waals surface area contributed by atoms with Gasteiger partial charge in [-0.2, -0.15) is 0 Å². The van der Waals surface area contributed by atoms with E-state index in [1.807, 2.05) is 24.3 Å². The van der Waals surface area contributed by atoms with Gasteiger partial charge in [0, 0.05) is 27.8 Å². The van der Waals surface area contributed by atoms with Gasteiger partial charge < -0.3 is 4.90 Å². The molecule has 0 radical (unpaired) electrons. The summed E-state index contributed by atoms with van der Waals surface area (Å²) in [5.41, 5.74) is 15.6. The summed E-state index contributed by atoms with van der Waals surface area (Å²) in [4.78, 5) is 12.5. The van der Waals surface area contributed by atoms with Gasteiger partial charge in [-0.15, -0.1) is 0 Å². The summed E-state index contributed by atoms with van der Waals surface area (Å²) in [6.45, 7) is 4.72. The molecular weight excluding hydrogens is 631 g/mol. The summed E-state index contributed by atoms with van der Waals surface area (Å²) in [6.07, 6.45) is 0. The lowest BCUT2D eigenvalue weighted by atomic mass is 9.72. The number of nitrogens with zero attached hydrogens (tertiary/aromatic N) is 3. The summed E-state index contributed by atoms with van der Waals surface area (Å²) in [5.74, 6) is 0.714. The maximum atomic E-state index is 5.08. The predicted octanol–water partition coefficient (Wildman–Crippen LogP) is 12.9. The molecule has 0 N–H and O–H groups in total. The van der Waals surface area contributed by atoms with Crippen molar-refractivity contribution in [2.75, 3.05) is 4.90 Å². The highest BCUT2D eigenvalue weighted by Gasteiger charge is 2.37. The Morgan fingerprint density at radius 2 is 0.750 bits per heavy atom. The first-order chi connectivity index (χ1) is 25.5. The minimum atomic E-state index is -0.237. The van der Waals surface area contributed by atoms with Crippen LogP contribution in [0.15, 0.2) is 188 Å². The van der Waals surface area contributed by atoms with Crippen LogP contribution in [0.5, 0.6) is 0 Å². The van der Waals surface area contributed by atoms with Crippen LogP contribution in [-0.4, -0.2) is 9.97 Å². The van der Waals surface area contributed by atoms with E-state index in [-0.39, 0.29) is 5.41 Å². The predicted molar refractivity (Wildman–Crippen MR) is 216 cm³/mol. The van der Waals surface area contributed by atoms with Crippen LogP contribution in [0.3, 0.4) is 0 Å². The van der Waals surface area contributed by atoms with Crippen molar-refractivity contribution in [1.29, 1.82) is 0 Å². The fourth-order valence-electron chi connectivity index (χ4n) is 7.49. The van der Waals surface area contributed by atoms with Crippen molar-refractivity contribution < 1.29 is 0 Å². The van der Waals surface area contributed by atoms with Gasteiger partial charge in [-0.05, 0) is 75.8 Å². The van der Waals surface area contributed by atoms with E-state index < -0.39 is 0 Å². The van der Waals surface area contributed by atoms with Gasteiger partial charge >= 0.3 is 0 Å². The van der Waals surface area contributed by atoms with E-state index in [1.54, 1.807) is 0 Å². The monoisotopic (exact) mass is 667 g/mol. The molecule has 0 fully saturated rings. The maximum absolute atomic E-state index is 5.08. The highest BCUT2D eigenvalue weighted by atomic mass is 15.2. The molecule has 1 aromatic heterocycles. The third-order valence-corrected chi connectivity index (χ3v) is 10.3. The van der Waals surface area contributed by atoms with Crippen molar-refractivity contribution in [3.63, 3.8) is 0 Å². The van der Waals surface area contributed by atoms with Crippen molar-refractivity contribution in [2.45, 2.75) is 19.3 Å². The number of hydrogen-bond acceptors (Lipinski definition) is 3. The fourth-order valence-corrected chi connectivity index (χ4v) is 7.49. The molecule has 3 heteroatoms. The normalized spacial score (nSPS) is 12.9. The van der Waals surface area contributed by atoms with Gasteiger partial charge in [0.1, 0.15) is 0 Å². The Labute approximate surface area is 305 Å². The van der Waals surface area contributed by atoms with Crippen molar-refractivity contribution in [2.24, 2.45) is 0 Å². The zero-order chi connectivity index (χ0) is 35.1. The Kier molecular flexibility index (Phi) is 7.82. The number of aromatic nitrogens is 2. The molecule has 8 aromatic rings. The molecule has 7 aromatic carbocycles. The summed E-state index contributed by atoms with van der Waals surface area (Å²) < 4.78 is 0. The molecule has 0 unspecified atom stereocenters. The van der Waals surface area contributed by atoms with Gasteiger partial charge in [-0.3, -0.25) is 0 Å². The molecular formula is C49H37N3. The molecule has 1 aliphatic heterocycles. The lowest BCUT2D eigenvalue weighted by Crippen LogP contribution is -2.30. The molecule has 3 nitrogen and oxygen atoms in total. The highest BCUT2D eigenvalue weighted by Crippen LogP contribution is 2.53. The van der Waals surface area contributed by atoms with Gasteiger partial charge in [0.05, 0.1) is 22.8 Å². The molecule has 1 aliphatic rings. The second-order valence-electron chi connectivity index (χ2n) is 13.9. The molecule has 0 aliphatic carbocycles. The minimum absolute atomic E-state index is 0.237. The summed E-state index contributed by atoms with van der Waals surface area (Å²) >= 11 is 0. The van der Waals surface area contributed by atoms with Crippen molar-refractivity contribution in [3.05, 3.63) is 199 Å². The lowest BCUT2D eigenvalue weighted by molar-refractivity contribution is 0.632. The van der Waals surface area contributed by atoms with Crippen molar-refractivity contribution in [3.8, 4) is 56.2 Å². The van der Waals surface area contributed by atoms with Crippen molar-refractivity contribution in [1.82, 2.24) is 9.97 Å². The van der Waals surface area contributed by atoms with Crippen LogP contribution in [0.2, 0.25) is 0 Å². The van der Waals surface area contributed by atoms with Gasteiger partial charge in [0.15, 0.2) is 5.82 Å². The number of benzene rings is 7. The topological polar surface area (TPSA) is 29.0 Å². The van der Waals surface area contributed by atoms with Gasteiger partial charge in [-0.1, -0.05) is 159 Å². The van der Waals surface area contributed by atoms with Crippen LogP contribution in [0.4, 0.5) is 17.1 Å². The lowest BCUT2D eigenvalue weighted by Gasteiger charge is -2.42. The molecule has 0 saturated heterocycles. The van der Waals surface area contributed by atoms with E-state index >= 15 is 0 Å². The zero-order valence-corrected chi connectivity index (χ0v) is 29.2. The molecule has 2 heterocycles. The van der Waals surface area contributed by atoms with E-state index in [0.717, 1.165) is 33.8 Å². The highest BCUT2D eigenvalue weighted by molar-refractivity contribution is 5.89. The third-order valence-electron chi connectivity index (χ3n) is 10.3. The fraction of sp³-hybridized carbons (Fsp3) is 0.0612. The van der Waals surface area contributed by atoms with Gasteiger partial charge in [0.2, 0.25) is 0 Å². The third kappa shape index (κ3) is 5.67. The second kappa shape index (κ2) is 12.9. The Balaban J connectivity index is 1.18. The molecule has 0 saturated carbocycles.